The van der Waals surface area contributed by atoms with Gasteiger partial charge in [-0.3, -0.25) is 38.4 Å². The molecule has 0 spiro atoms. The second kappa shape index (κ2) is 35.3. The SMILES string of the molecule is C.C.C.CN[C@@H](C)C(=O)N[C@H](C(=O)N1CC[C@@H]2[C@H]1CCN2C(=O)[C@@H](NC(=O)[C@H](C)NC)C1CCCCC1)C1CCCCC1.CN[C@@H](C)C(=O)N[C@H](C(=O)N1CC[C@@H]2[C@H]1[C@@H](c1c[nH]c3cc(F)ccc13)CN2C(=O)[C@@H](NC(=O)[C@H](C)NC)C1CCCCC1)C1CCCCC1. The fourth-order valence-corrected chi connectivity index (χ4v) is 16.6. The van der Waals surface area contributed by atoms with E-state index in [9.17, 15) is 42.7 Å². The Morgan fingerprint density at radius 2 is 0.742 bits per heavy atom. The molecule has 2 aromatic rings. The molecule has 4 saturated heterocycles. The van der Waals surface area contributed by atoms with Crippen molar-refractivity contribution < 1.29 is 42.7 Å². The van der Waals surface area contributed by atoms with Crippen LogP contribution in [0.5, 0.6) is 0 Å². The summed E-state index contributed by atoms with van der Waals surface area (Å²) >= 11 is 0. The van der Waals surface area contributed by atoms with Crippen LogP contribution in [0, 0.1) is 29.5 Å². The van der Waals surface area contributed by atoms with Gasteiger partial charge in [0, 0.05) is 49.2 Å². The normalized spacial score (nSPS) is 25.4. The Morgan fingerprint density at radius 3 is 1.09 bits per heavy atom. The molecule has 22 heteroatoms. The number of aromatic nitrogens is 1. The second-order valence-corrected chi connectivity index (χ2v) is 27.8. The number of likely N-dealkylation sites (N-methyl/N-ethyl adjacent to an activating group) is 4. The summed E-state index contributed by atoms with van der Waals surface area (Å²) in [6.45, 7) is 9.22. The standard InChI is InChI=1S/C38H56FN7O4.C30H52N6O4.3CH4/c1-22(40-3)35(47)43-32(24-11-7-5-8-12-24)37(49)45-18-17-31-34(45)29(28-20-42-30-19-26(39)15-16-27(28)30)21-46(31)38(50)33(25-13-9-6-10-14-25)44-36(48)23(2)41-4;1-19(31-3)27(37)33-25(21-11-7-5-8-12-21)29(39)35-17-15-24-23(35)16-18-36(24)30(40)26(22-13-9-6-10-14-22)34-28(38)20(2)32-4;;;/h15-16,19-20,22-25,29,31-34,40-42H,5-14,17-18,21H2,1-4H3,(H,43,47)(H,44,48);19-26,31-32H,5-18H2,1-4H3,(H,33,37)(H,34,38);3*1H4/t22-,23-,29+,31+,32-,33-,34+;19-,20-,23+,24+,25-,26-;;;/m00.../s1. The van der Waals surface area contributed by atoms with E-state index in [1.54, 1.807) is 48.1 Å². The van der Waals surface area contributed by atoms with E-state index in [2.05, 4.69) is 47.5 Å². The average Bonchev–Trinajstić information content (AvgIpc) is 1.59. The number of carbonyl (C=O) groups excluding carboxylic acids is 8. The third-order valence-electron chi connectivity index (χ3n) is 22.5. The van der Waals surface area contributed by atoms with E-state index in [4.69, 9.17) is 0 Å². The Kier molecular flexibility index (Phi) is 29.0. The fraction of sp³-hybridized carbons (Fsp3) is 0.775. The first kappa shape index (κ1) is 76.3. The van der Waals surface area contributed by atoms with Crippen LogP contribution in [0.2, 0.25) is 0 Å². The molecule has 93 heavy (non-hydrogen) atoms. The van der Waals surface area contributed by atoms with Gasteiger partial charge in [0.1, 0.15) is 30.0 Å². The number of hydrogen-bond acceptors (Lipinski definition) is 12. The Labute approximate surface area is 555 Å². The molecule has 1 aromatic carbocycles. The van der Waals surface area contributed by atoms with Gasteiger partial charge in [-0.1, -0.05) is 99.3 Å². The molecule has 8 amide bonds. The highest BCUT2D eigenvalue weighted by Crippen LogP contribution is 2.45. The van der Waals surface area contributed by atoms with Gasteiger partial charge in [0.15, 0.2) is 0 Å². The number of nitrogens with one attached hydrogen (secondary N) is 9. The number of amides is 8. The van der Waals surface area contributed by atoms with Crippen molar-refractivity contribution in [2.24, 2.45) is 23.7 Å². The Hall–Kier alpha value is -5.71. The van der Waals surface area contributed by atoms with Crippen LogP contribution in [0.4, 0.5) is 4.39 Å². The molecule has 13 atom stereocenters. The number of nitrogens with zero attached hydrogens (tertiary/aromatic N) is 4. The fourth-order valence-electron chi connectivity index (χ4n) is 16.6. The van der Waals surface area contributed by atoms with Crippen LogP contribution in [0.3, 0.4) is 0 Å². The number of carbonyl (C=O) groups is 8. The third kappa shape index (κ3) is 17.5. The van der Waals surface area contributed by atoms with Gasteiger partial charge in [-0.25, -0.2) is 4.39 Å². The predicted molar refractivity (Wildman–Crippen MR) is 365 cm³/mol. The lowest BCUT2D eigenvalue weighted by atomic mass is 9.82. The van der Waals surface area contributed by atoms with Crippen molar-refractivity contribution >= 4 is 58.2 Å². The smallest absolute Gasteiger partial charge is 0.245 e. The van der Waals surface area contributed by atoms with Crippen molar-refractivity contribution in [1.29, 1.82) is 0 Å². The number of aromatic amines is 1. The van der Waals surface area contributed by atoms with Gasteiger partial charge in [0.25, 0.3) is 0 Å². The van der Waals surface area contributed by atoms with Gasteiger partial charge in [-0.05, 0) is 174 Å². The highest BCUT2D eigenvalue weighted by Gasteiger charge is 2.56. The van der Waals surface area contributed by atoms with Gasteiger partial charge < -0.3 is 67.1 Å². The van der Waals surface area contributed by atoms with Crippen LogP contribution in [-0.2, 0) is 38.4 Å². The summed E-state index contributed by atoms with van der Waals surface area (Å²) in [5.41, 5.74) is 1.60. The highest BCUT2D eigenvalue weighted by molar-refractivity contribution is 5.94. The van der Waals surface area contributed by atoms with Crippen LogP contribution in [0.15, 0.2) is 24.4 Å². The average molecular weight is 1300 g/mol. The van der Waals surface area contributed by atoms with E-state index >= 15 is 0 Å². The molecule has 524 valence electrons. The molecular formula is C71H120FN13O8. The molecule has 4 saturated carbocycles. The summed E-state index contributed by atoms with van der Waals surface area (Å²) in [6, 6.07) is 0.0137. The first-order valence-electron chi connectivity index (χ1n) is 34.8. The molecular weight excluding hydrogens is 1180 g/mol. The minimum Gasteiger partial charge on any atom is -0.361 e. The molecule has 5 heterocycles. The Bertz CT molecular complexity index is 2670. The largest absolute Gasteiger partial charge is 0.361 e. The van der Waals surface area contributed by atoms with Crippen molar-refractivity contribution in [1.82, 2.24) is 67.1 Å². The third-order valence-corrected chi connectivity index (χ3v) is 22.5. The minimum absolute atomic E-state index is 0. The number of H-pyrrole nitrogens is 1. The second-order valence-electron chi connectivity index (χ2n) is 27.8. The van der Waals surface area contributed by atoms with E-state index < -0.39 is 36.3 Å². The number of hydrogen-bond donors (Lipinski definition) is 9. The van der Waals surface area contributed by atoms with Crippen LogP contribution >= 0.6 is 0 Å². The van der Waals surface area contributed by atoms with E-state index in [1.807, 2.05) is 39.6 Å². The predicted octanol–water partition coefficient (Wildman–Crippen LogP) is 6.99. The molecule has 0 unspecified atom stereocenters. The van der Waals surface area contributed by atoms with Crippen molar-refractivity contribution in [3.05, 3.63) is 35.8 Å². The monoisotopic (exact) mass is 1300 g/mol. The van der Waals surface area contributed by atoms with Crippen LogP contribution < -0.4 is 42.5 Å². The van der Waals surface area contributed by atoms with Crippen molar-refractivity contribution in [2.45, 2.75) is 276 Å². The molecule has 8 fully saturated rings. The van der Waals surface area contributed by atoms with Gasteiger partial charge in [-0.15, -0.1) is 0 Å². The Balaban J connectivity index is 0.000000293. The molecule has 10 rings (SSSR count). The molecule has 0 radical (unpaired) electrons. The molecule has 4 aliphatic heterocycles. The van der Waals surface area contributed by atoms with Crippen molar-refractivity contribution in [3.8, 4) is 0 Å². The topological polar surface area (TPSA) is 262 Å². The van der Waals surface area contributed by atoms with Crippen LogP contribution in [-0.4, -0.2) is 199 Å². The molecule has 4 aliphatic carbocycles. The zero-order valence-electron chi connectivity index (χ0n) is 55.1. The highest BCUT2D eigenvalue weighted by atomic mass is 19.1. The maximum absolute atomic E-state index is 14.8. The van der Waals surface area contributed by atoms with E-state index in [1.165, 1.54) is 25.0 Å². The van der Waals surface area contributed by atoms with Crippen molar-refractivity contribution in [3.63, 3.8) is 0 Å². The maximum atomic E-state index is 14.8. The number of halogens is 1. The van der Waals surface area contributed by atoms with E-state index in [-0.39, 0.29) is 141 Å². The lowest BCUT2D eigenvalue weighted by molar-refractivity contribution is -0.141. The summed E-state index contributed by atoms with van der Waals surface area (Å²) in [6.07, 6.45) is 24.3. The first-order valence-corrected chi connectivity index (χ1v) is 34.8. The molecule has 0 bridgehead atoms. The lowest BCUT2D eigenvalue weighted by Crippen LogP contribution is -2.58. The minimum atomic E-state index is -0.655. The maximum Gasteiger partial charge on any atom is 0.245 e. The molecule has 8 aliphatic rings. The van der Waals surface area contributed by atoms with Gasteiger partial charge >= 0.3 is 0 Å². The zero-order chi connectivity index (χ0) is 64.3. The van der Waals surface area contributed by atoms with Crippen LogP contribution in [0.25, 0.3) is 10.9 Å². The number of likely N-dealkylation sites (tertiary alicyclic amines) is 4. The van der Waals surface area contributed by atoms with Gasteiger partial charge in [0.2, 0.25) is 47.3 Å². The summed E-state index contributed by atoms with van der Waals surface area (Å²) in [5.74, 6) is -1.08. The summed E-state index contributed by atoms with van der Waals surface area (Å²) in [7, 11) is 6.96. The quantitative estimate of drug-likeness (QED) is 0.0613. The van der Waals surface area contributed by atoms with Crippen LogP contribution in [0.1, 0.15) is 209 Å². The van der Waals surface area contributed by atoms with E-state index in [0.717, 1.165) is 139 Å². The first-order chi connectivity index (χ1) is 43.4. The number of benzene rings is 1. The molecule has 21 nitrogen and oxygen atoms in total. The zero-order valence-corrected chi connectivity index (χ0v) is 55.1. The van der Waals surface area contributed by atoms with Crippen molar-refractivity contribution in [2.75, 3.05) is 54.4 Å². The van der Waals surface area contributed by atoms with E-state index in [0.29, 0.717) is 38.1 Å². The lowest BCUT2D eigenvalue weighted by Gasteiger charge is -2.37. The number of rotatable bonds is 21. The Morgan fingerprint density at radius 1 is 0.430 bits per heavy atom. The summed E-state index contributed by atoms with van der Waals surface area (Å²) < 4.78 is 14.3. The van der Waals surface area contributed by atoms with Gasteiger partial charge in [0.05, 0.1) is 48.3 Å². The summed E-state index contributed by atoms with van der Waals surface area (Å²) in [4.78, 5) is 121. The summed E-state index contributed by atoms with van der Waals surface area (Å²) in [5, 5.41) is 25.3. The molecule has 1 aromatic heterocycles. The van der Waals surface area contributed by atoms with Gasteiger partial charge in [-0.2, -0.15) is 0 Å². The number of fused-ring (bicyclic) bond motifs is 3. The molecule has 9 N–H and O–H groups in total.